The number of rotatable bonds is 3. The van der Waals surface area contributed by atoms with Crippen LogP contribution in [-0.4, -0.2) is 49.7 Å². The van der Waals surface area contributed by atoms with Crippen LogP contribution in [0.5, 0.6) is 0 Å². The highest BCUT2D eigenvalue weighted by Gasteiger charge is 2.30. The van der Waals surface area contributed by atoms with Gasteiger partial charge in [0, 0.05) is 31.7 Å². The van der Waals surface area contributed by atoms with Crippen LogP contribution in [0.15, 0.2) is 71.6 Å². The average molecular weight is 437 g/mol. The van der Waals surface area contributed by atoms with Gasteiger partial charge in [-0.05, 0) is 46.0 Å². The Hall–Kier alpha value is -2.70. The fourth-order valence-electron chi connectivity index (χ4n) is 3.91. The van der Waals surface area contributed by atoms with E-state index in [1.807, 2.05) is 54.6 Å². The first kappa shape index (κ1) is 21.5. The summed E-state index contributed by atoms with van der Waals surface area (Å²) < 4.78 is 27.6. The Balaban J connectivity index is 1.45. The molecule has 4 rings (SSSR count). The second kappa shape index (κ2) is 8.09. The van der Waals surface area contributed by atoms with E-state index in [-0.39, 0.29) is 11.3 Å². The van der Waals surface area contributed by atoms with Crippen LogP contribution in [0.25, 0.3) is 10.8 Å². The molecule has 1 aliphatic heterocycles. The van der Waals surface area contributed by atoms with E-state index in [0.29, 0.717) is 36.6 Å². The molecule has 0 atom stereocenters. The molecule has 3 aromatic carbocycles. The van der Waals surface area contributed by atoms with E-state index in [0.717, 1.165) is 16.3 Å². The Morgan fingerprint density at radius 1 is 0.806 bits per heavy atom. The third-order valence-corrected chi connectivity index (χ3v) is 7.79. The lowest BCUT2D eigenvalue weighted by Crippen LogP contribution is -2.50. The Labute approximate surface area is 184 Å². The molecule has 0 N–H and O–H groups in total. The number of amides is 1. The van der Waals surface area contributed by atoms with E-state index in [1.54, 1.807) is 17.0 Å². The van der Waals surface area contributed by atoms with Gasteiger partial charge >= 0.3 is 0 Å². The van der Waals surface area contributed by atoms with Crippen LogP contribution in [0.4, 0.5) is 0 Å². The molecule has 1 saturated heterocycles. The summed E-state index contributed by atoms with van der Waals surface area (Å²) in [5.74, 6) is -0.0580. The van der Waals surface area contributed by atoms with Gasteiger partial charge in [0.05, 0.1) is 4.90 Å². The fourth-order valence-corrected chi connectivity index (χ4v) is 5.33. The van der Waals surface area contributed by atoms with Crippen molar-refractivity contribution in [3.8, 4) is 0 Å². The summed E-state index contributed by atoms with van der Waals surface area (Å²) in [7, 11) is -3.57. The Kier molecular flexibility index (Phi) is 5.62. The van der Waals surface area contributed by atoms with Gasteiger partial charge in [-0.2, -0.15) is 4.31 Å². The van der Waals surface area contributed by atoms with Gasteiger partial charge in [0.1, 0.15) is 0 Å². The minimum absolute atomic E-state index is 0.0307. The molecule has 5 nitrogen and oxygen atoms in total. The number of fused-ring (bicyclic) bond motifs is 1. The molecule has 1 fully saturated rings. The molecule has 6 heteroatoms. The zero-order chi connectivity index (χ0) is 22.2. The van der Waals surface area contributed by atoms with E-state index in [2.05, 4.69) is 20.8 Å². The number of carbonyl (C=O) groups is 1. The third kappa shape index (κ3) is 4.36. The van der Waals surface area contributed by atoms with Crippen molar-refractivity contribution < 1.29 is 13.2 Å². The van der Waals surface area contributed by atoms with Crippen molar-refractivity contribution in [1.29, 1.82) is 0 Å². The summed E-state index contributed by atoms with van der Waals surface area (Å²) >= 11 is 0. The molecule has 31 heavy (non-hydrogen) atoms. The van der Waals surface area contributed by atoms with Crippen molar-refractivity contribution in [1.82, 2.24) is 9.21 Å². The first-order valence-corrected chi connectivity index (χ1v) is 12.0. The van der Waals surface area contributed by atoms with Gasteiger partial charge in [0.2, 0.25) is 10.0 Å². The quantitative estimate of drug-likeness (QED) is 0.616. The predicted molar refractivity (Wildman–Crippen MR) is 124 cm³/mol. The number of nitrogens with zero attached hydrogens (tertiary/aromatic N) is 2. The van der Waals surface area contributed by atoms with Gasteiger partial charge in [0.15, 0.2) is 0 Å². The first-order chi connectivity index (χ1) is 14.7. The summed E-state index contributed by atoms with van der Waals surface area (Å²) in [6.45, 7) is 7.65. The lowest BCUT2D eigenvalue weighted by atomic mass is 9.87. The van der Waals surface area contributed by atoms with Gasteiger partial charge in [-0.25, -0.2) is 8.42 Å². The number of benzene rings is 3. The largest absolute Gasteiger partial charge is 0.336 e. The maximum absolute atomic E-state index is 13.1. The minimum atomic E-state index is -3.57. The van der Waals surface area contributed by atoms with Gasteiger partial charge in [0.25, 0.3) is 5.91 Å². The standard InChI is InChI=1S/C25H28N2O3S/c1-25(2,3)22-10-12-23(13-11-22)31(29,30)27-16-14-26(15-17-27)24(28)21-9-8-19-6-4-5-7-20(19)18-21/h4-13,18H,14-17H2,1-3H3. The zero-order valence-corrected chi connectivity index (χ0v) is 19.0. The molecule has 1 aliphatic rings. The molecule has 0 radical (unpaired) electrons. The van der Waals surface area contributed by atoms with E-state index in [4.69, 9.17) is 0 Å². The molecule has 162 valence electrons. The van der Waals surface area contributed by atoms with Crippen molar-refractivity contribution in [2.75, 3.05) is 26.2 Å². The van der Waals surface area contributed by atoms with Crippen LogP contribution in [0.3, 0.4) is 0 Å². The molecule has 3 aromatic rings. The summed E-state index contributed by atoms with van der Waals surface area (Å²) in [6, 6.07) is 20.7. The maximum atomic E-state index is 13.1. The van der Waals surface area contributed by atoms with Crippen LogP contribution >= 0.6 is 0 Å². The van der Waals surface area contributed by atoms with Crippen molar-refractivity contribution in [2.45, 2.75) is 31.1 Å². The minimum Gasteiger partial charge on any atom is -0.336 e. The molecular formula is C25H28N2O3S. The van der Waals surface area contributed by atoms with Crippen LogP contribution in [-0.2, 0) is 15.4 Å². The second-order valence-corrected chi connectivity index (χ2v) is 11.0. The van der Waals surface area contributed by atoms with Gasteiger partial charge < -0.3 is 4.90 Å². The summed E-state index contributed by atoms with van der Waals surface area (Å²) in [5.41, 5.74) is 1.70. The lowest BCUT2D eigenvalue weighted by Gasteiger charge is -2.34. The predicted octanol–water partition coefficient (Wildman–Crippen LogP) is 4.28. The molecule has 0 spiro atoms. The monoisotopic (exact) mass is 436 g/mol. The van der Waals surface area contributed by atoms with Crippen molar-refractivity contribution in [3.63, 3.8) is 0 Å². The molecular weight excluding hydrogens is 408 g/mol. The van der Waals surface area contributed by atoms with Gasteiger partial charge in [-0.3, -0.25) is 4.79 Å². The highest BCUT2D eigenvalue weighted by Crippen LogP contribution is 2.25. The van der Waals surface area contributed by atoms with Crippen LogP contribution in [0.1, 0.15) is 36.7 Å². The van der Waals surface area contributed by atoms with Gasteiger partial charge in [-0.15, -0.1) is 0 Å². The van der Waals surface area contributed by atoms with Crippen molar-refractivity contribution >= 4 is 26.7 Å². The van der Waals surface area contributed by atoms with Crippen LogP contribution in [0, 0.1) is 0 Å². The zero-order valence-electron chi connectivity index (χ0n) is 18.2. The number of sulfonamides is 1. The van der Waals surface area contributed by atoms with E-state index < -0.39 is 10.0 Å². The van der Waals surface area contributed by atoms with Crippen molar-refractivity contribution in [2.24, 2.45) is 0 Å². The normalized spacial score (nSPS) is 15.9. The number of hydrogen-bond acceptors (Lipinski definition) is 3. The van der Waals surface area contributed by atoms with Gasteiger partial charge in [-0.1, -0.05) is 63.2 Å². The Morgan fingerprint density at radius 2 is 1.42 bits per heavy atom. The first-order valence-electron chi connectivity index (χ1n) is 10.5. The van der Waals surface area contributed by atoms with Crippen LogP contribution in [0.2, 0.25) is 0 Å². The maximum Gasteiger partial charge on any atom is 0.253 e. The molecule has 1 heterocycles. The summed E-state index contributed by atoms with van der Waals surface area (Å²) in [5, 5.41) is 2.11. The Bertz CT molecular complexity index is 1200. The molecule has 0 bridgehead atoms. The SMILES string of the molecule is CC(C)(C)c1ccc(S(=O)(=O)N2CCN(C(=O)c3ccc4ccccc4c3)CC2)cc1. The topological polar surface area (TPSA) is 57.7 Å². The van der Waals surface area contributed by atoms with E-state index >= 15 is 0 Å². The highest BCUT2D eigenvalue weighted by molar-refractivity contribution is 7.89. The molecule has 0 saturated carbocycles. The highest BCUT2D eigenvalue weighted by atomic mass is 32.2. The summed E-state index contributed by atoms with van der Waals surface area (Å²) in [6.07, 6.45) is 0. The van der Waals surface area contributed by atoms with Crippen molar-refractivity contribution in [3.05, 3.63) is 77.9 Å². The lowest BCUT2D eigenvalue weighted by molar-refractivity contribution is 0.0698. The summed E-state index contributed by atoms with van der Waals surface area (Å²) in [4.78, 5) is 15.0. The fraction of sp³-hybridized carbons (Fsp3) is 0.320. The number of carbonyl (C=O) groups excluding carboxylic acids is 1. The second-order valence-electron chi connectivity index (χ2n) is 9.03. The molecule has 0 aliphatic carbocycles. The van der Waals surface area contributed by atoms with E-state index in [1.165, 1.54) is 4.31 Å². The third-order valence-electron chi connectivity index (χ3n) is 5.88. The number of hydrogen-bond donors (Lipinski definition) is 0. The number of piperazine rings is 1. The molecule has 1 amide bonds. The van der Waals surface area contributed by atoms with E-state index in [9.17, 15) is 13.2 Å². The average Bonchev–Trinajstić information content (AvgIpc) is 2.78. The molecule has 0 unspecified atom stereocenters. The smallest absolute Gasteiger partial charge is 0.253 e. The molecule has 0 aromatic heterocycles. The Morgan fingerprint density at radius 3 is 2.03 bits per heavy atom. The van der Waals surface area contributed by atoms with Crippen LogP contribution < -0.4 is 0 Å².